The van der Waals surface area contributed by atoms with Crippen molar-refractivity contribution in [1.29, 1.82) is 0 Å². The molecule has 1 rings (SSSR count). The predicted octanol–water partition coefficient (Wildman–Crippen LogP) is 0.897. The number of methoxy groups -OCH3 is 1. The van der Waals surface area contributed by atoms with Gasteiger partial charge in [0.15, 0.2) is 0 Å². The zero-order chi connectivity index (χ0) is 10.2. The van der Waals surface area contributed by atoms with E-state index in [0.717, 1.165) is 26.0 Å². The first-order valence-corrected chi connectivity index (χ1v) is 4.63. The molecule has 1 aromatic rings. The van der Waals surface area contributed by atoms with Crippen molar-refractivity contribution in [3.63, 3.8) is 0 Å². The molecule has 0 spiro atoms. The highest BCUT2D eigenvalue weighted by Crippen LogP contribution is 2.00. The van der Waals surface area contributed by atoms with Crippen LogP contribution >= 0.6 is 0 Å². The average molecular weight is 196 g/mol. The number of hydrogen-bond donors (Lipinski definition) is 2. The quantitative estimate of drug-likeness (QED) is 0.661. The van der Waals surface area contributed by atoms with Gasteiger partial charge in [0.1, 0.15) is 0 Å². The van der Waals surface area contributed by atoms with E-state index in [1.165, 1.54) is 0 Å². The summed E-state index contributed by atoms with van der Waals surface area (Å²) in [6.45, 7) is 1.65. The monoisotopic (exact) mass is 196 g/mol. The fourth-order valence-electron chi connectivity index (χ4n) is 1.00. The van der Waals surface area contributed by atoms with E-state index >= 15 is 0 Å². The number of nitrogens with two attached hydrogens (primary N) is 1. The number of hydrogen-bond acceptors (Lipinski definition) is 5. The smallest absolute Gasteiger partial charge is 0.222 e. The van der Waals surface area contributed by atoms with E-state index in [0.29, 0.717) is 11.6 Å². The summed E-state index contributed by atoms with van der Waals surface area (Å²) >= 11 is 0. The van der Waals surface area contributed by atoms with Crippen molar-refractivity contribution in [1.82, 2.24) is 9.97 Å². The average Bonchev–Trinajstić information content (AvgIpc) is 2.21. The van der Waals surface area contributed by atoms with Gasteiger partial charge < -0.3 is 15.8 Å². The molecule has 1 aromatic heterocycles. The van der Waals surface area contributed by atoms with E-state index in [9.17, 15) is 0 Å². The lowest BCUT2D eigenvalue weighted by Crippen LogP contribution is -2.06. The normalized spacial score (nSPS) is 10.1. The van der Waals surface area contributed by atoms with Crippen LogP contribution in [0.4, 0.5) is 11.6 Å². The summed E-state index contributed by atoms with van der Waals surface area (Å²) < 4.78 is 4.93. The van der Waals surface area contributed by atoms with E-state index < -0.39 is 0 Å². The summed E-state index contributed by atoms with van der Waals surface area (Å²) in [7, 11) is 1.70. The molecule has 0 unspecified atom stereocenters. The van der Waals surface area contributed by atoms with Crippen LogP contribution in [0.5, 0.6) is 0 Å². The molecular formula is C9H16N4O. The molecule has 0 saturated carbocycles. The van der Waals surface area contributed by atoms with E-state index in [-0.39, 0.29) is 0 Å². The number of unbranched alkanes of at least 4 members (excludes halogenated alkanes) is 1. The first kappa shape index (κ1) is 10.7. The molecule has 0 aliphatic rings. The lowest BCUT2D eigenvalue weighted by Gasteiger charge is -2.03. The maximum Gasteiger partial charge on any atom is 0.222 e. The van der Waals surface area contributed by atoms with Crippen molar-refractivity contribution in [3.8, 4) is 0 Å². The zero-order valence-electron chi connectivity index (χ0n) is 8.36. The lowest BCUT2D eigenvalue weighted by atomic mass is 10.3. The number of anilines is 2. The summed E-state index contributed by atoms with van der Waals surface area (Å²) in [5, 5.41) is 3.10. The summed E-state index contributed by atoms with van der Waals surface area (Å²) in [6, 6.07) is 0. The highest BCUT2D eigenvalue weighted by molar-refractivity contribution is 5.35. The topological polar surface area (TPSA) is 73.1 Å². The Balaban J connectivity index is 2.15. The molecule has 5 nitrogen and oxygen atoms in total. The first-order chi connectivity index (χ1) is 6.83. The highest BCUT2D eigenvalue weighted by atomic mass is 16.5. The molecule has 14 heavy (non-hydrogen) atoms. The third-order valence-corrected chi connectivity index (χ3v) is 1.73. The Bertz CT molecular complexity index is 249. The van der Waals surface area contributed by atoms with E-state index in [4.69, 9.17) is 10.5 Å². The Morgan fingerprint density at radius 3 is 2.71 bits per heavy atom. The number of ether oxygens (including phenoxy) is 1. The van der Waals surface area contributed by atoms with Crippen LogP contribution in [0.3, 0.4) is 0 Å². The van der Waals surface area contributed by atoms with Gasteiger partial charge in [0.25, 0.3) is 0 Å². The SMILES string of the molecule is COCCCCNc1ncc(N)cn1. The molecule has 0 radical (unpaired) electrons. The molecule has 5 heteroatoms. The minimum atomic E-state index is 0.579. The maximum atomic E-state index is 5.45. The minimum Gasteiger partial charge on any atom is -0.396 e. The van der Waals surface area contributed by atoms with Gasteiger partial charge in [-0.25, -0.2) is 9.97 Å². The van der Waals surface area contributed by atoms with Gasteiger partial charge in [-0.15, -0.1) is 0 Å². The third kappa shape index (κ3) is 4.04. The largest absolute Gasteiger partial charge is 0.396 e. The molecule has 0 fully saturated rings. The molecule has 0 saturated heterocycles. The Hall–Kier alpha value is -1.36. The van der Waals surface area contributed by atoms with Crippen LogP contribution < -0.4 is 11.1 Å². The molecule has 0 bridgehead atoms. The van der Waals surface area contributed by atoms with Crippen molar-refractivity contribution in [2.75, 3.05) is 31.3 Å². The fourth-order valence-corrected chi connectivity index (χ4v) is 1.00. The van der Waals surface area contributed by atoms with Gasteiger partial charge in [-0.1, -0.05) is 0 Å². The summed E-state index contributed by atoms with van der Waals surface area (Å²) in [5.74, 6) is 0.622. The molecule has 78 valence electrons. The van der Waals surface area contributed by atoms with Gasteiger partial charge in [-0.3, -0.25) is 0 Å². The lowest BCUT2D eigenvalue weighted by molar-refractivity contribution is 0.193. The van der Waals surface area contributed by atoms with Crippen LogP contribution in [0.2, 0.25) is 0 Å². The second-order valence-electron chi connectivity index (χ2n) is 2.97. The van der Waals surface area contributed by atoms with E-state index in [2.05, 4.69) is 15.3 Å². The van der Waals surface area contributed by atoms with E-state index in [1.807, 2.05) is 0 Å². The summed E-state index contributed by atoms with van der Waals surface area (Å²) in [5.41, 5.74) is 6.03. The highest BCUT2D eigenvalue weighted by Gasteiger charge is 1.93. The summed E-state index contributed by atoms with van der Waals surface area (Å²) in [6.07, 6.45) is 5.26. The third-order valence-electron chi connectivity index (χ3n) is 1.73. The summed E-state index contributed by atoms with van der Waals surface area (Å²) in [4.78, 5) is 8.04. The fraction of sp³-hybridized carbons (Fsp3) is 0.556. The van der Waals surface area contributed by atoms with Gasteiger partial charge in [-0.05, 0) is 12.8 Å². The molecule has 0 aliphatic heterocycles. The number of nitrogen functional groups attached to an aromatic ring is 1. The van der Waals surface area contributed by atoms with Crippen molar-refractivity contribution < 1.29 is 4.74 Å². The van der Waals surface area contributed by atoms with E-state index in [1.54, 1.807) is 19.5 Å². The van der Waals surface area contributed by atoms with Crippen LogP contribution in [-0.4, -0.2) is 30.2 Å². The van der Waals surface area contributed by atoms with Crippen molar-refractivity contribution in [2.45, 2.75) is 12.8 Å². The van der Waals surface area contributed by atoms with Gasteiger partial charge in [-0.2, -0.15) is 0 Å². The van der Waals surface area contributed by atoms with Crippen LogP contribution in [-0.2, 0) is 4.74 Å². The molecule has 0 amide bonds. The Labute approximate surface area is 83.7 Å². The van der Waals surface area contributed by atoms with Crippen molar-refractivity contribution >= 4 is 11.6 Å². The maximum absolute atomic E-state index is 5.45. The standard InChI is InChI=1S/C9H16N4O/c1-14-5-3-2-4-11-9-12-6-8(10)7-13-9/h6-7H,2-5,10H2,1H3,(H,11,12,13). The van der Waals surface area contributed by atoms with Crippen LogP contribution in [0, 0.1) is 0 Å². The molecule has 1 heterocycles. The Morgan fingerprint density at radius 1 is 1.36 bits per heavy atom. The second kappa shape index (κ2) is 6.15. The van der Waals surface area contributed by atoms with Gasteiger partial charge in [0, 0.05) is 20.3 Å². The second-order valence-corrected chi connectivity index (χ2v) is 2.97. The van der Waals surface area contributed by atoms with Crippen molar-refractivity contribution in [2.24, 2.45) is 0 Å². The number of nitrogens with one attached hydrogen (secondary N) is 1. The van der Waals surface area contributed by atoms with Gasteiger partial charge >= 0.3 is 0 Å². The molecular weight excluding hydrogens is 180 g/mol. The van der Waals surface area contributed by atoms with Crippen LogP contribution in [0.15, 0.2) is 12.4 Å². The van der Waals surface area contributed by atoms with Gasteiger partial charge in [0.05, 0.1) is 18.1 Å². The minimum absolute atomic E-state index is 0.579. The molecule has 3 N–H and O–H groups in total. The zero-order valence-corrected chi connectivity index (χ0v) is 8.36. The molecule has 0 aromatic carbocycles. The number of nitrogens with zero attached hydrogens (tertiary/aromatic N) is 2. The molecule has 0 aliphatic carbocycles. The first-order valence-electron chi connectivity index (χ1n) is 4.63. The Kier molecular flexibility index (Phi) is 4.71. The number of aromatic nitrogens is 2. The molecule has 0 atom stereocenters. The number of rotatable bonds is 6. The van der Waals surface area contributed by atoms with Crippen molar-refractivity contribution in [3.05, 3.63) is 12.4 Å². The van der Waals surface area contributed by atoms with Crippen LogP contribution in [0.25, 0.3) is 0 Å². The predicted molar refractivity (Wildman–Crippen MR) is 56.0 cm³/mol. The van der Waals surface area contributed by atoms with Gasteiger partial charge in [0.2, 0.25) is 5.95 Å². The van der Waals surface area contributed by atoms with Crippen LogP contribution in [0.1, 0.15) is 12.8 Å². The Morgan fingerprint density at radius 2 is 2.07 bits per heavy atom.